The van der Waals surface area contributed by atoms with Crippen molar-refractivity contribution in [3.63, 3.8) is 0 Å². The lowest BCUT2D eigenvalue weighted by Gasteiger charge is -2.09. The normalized spacial score (nSPS) is 10.6. The third-order valence-corrected chi connectivity index (χ3v) is 5.40. The minimum atomic E-state index is -0.159. The summed E-state index contributed by atoms with van der Waals surface area (Å²) in [6.07, 6.45) is 2.41. The molecular weight excluding hydrogens is 408 g/mol. The largest absolute Gasteiger partial charge is 0.497 e. The Bertz CT molecular complexity index is 989. The first-order valence-electron chi connectivity index (χ1n) is 8.93. The van der Waals surface area contributed by atoms with Crippen LogP contribution in [0.2, 0.25) is 5.02 Å². The van der Waals surface area contributed by atoms with Gasteiger partial charge >= 0.3 is 0 Å². The van der Waals surface area contributed by atoms with Crippen molar-refractivity contribution in [1.29, 1.82) is 0 Å². The molecule has 0 atom stereocenters. The number of halogens is 1. The highest BCUT2D eigenvalue weighted by molar-refractivity contribution is 7.99. The number of nitrogens with one attached hydrogen (secondary N) is 1. The van der Waals surface area contributed by atoms with Gasteiger partial charge in [0.2, 0.25) is 5.91 Å². The SMILES string of the molecule is C=CCn1c(Cc2ccc(OC)cc2)nnc1SCC(=O)Nc1ccccc1Cl. The number of anilines is 1. The second kappa shape index (κ2) is 10.1. The van der Waals surface area contributed by atoms with Crippen LogP contribution < -0.4 is 10.1 Å². The Balaban J connectivity index is 1.66. The van der Waals surface area contributed by atoms with Crippen LogP contribution >= 0.6 is 23.4 Å². The standard InChI is InChI=1S/C21H21ClN4O2S/c1-3-12-26-19(13-15-8-10-16(28-2)11-9-15)24-25-21(26)29-14-20(27)23-18-7-5-4-6-17(18)22/h3-11H,1,12-14H2,2H3,(H,23,27). The van der Waals surface area contributed by atoms with Crippen molar-refractivity contribution in [2.45, 2.75) is 18.1 Å². The molecule has 29 heavy (non-hydrogen) atoms. The second-order valence-corrected chi connectivity index (χ2v) is 7.49. The number of carbonyl (C=O) groups excluding carboxylic acids is 1. The minimum Gasteiger partial charge on any atom is -0.497 e. The van der Waals surface area contributed by atoms with Gasteiger partial charge in [0.05, 0.1) is 23.6 Å². The molecule has 0 radical (unpaired) electrons. The average Bonchev–Trinajstić information content (AvgIpc) is 3.10. The van der Waals surface area contributed by atoms with Crippen molar-refractivity contribution in [3.8, 4) is 5.75 Å². The maximum atomic E-state index is 12.3. The fourth-order valence-corrected chi connectivity index (χ4v) is 3.62. The minimum absolute atomic E-state index is 0.159. The van der Waals surface area contributed by atoms with E-state index in [0.717, 1.165) is 17.1 Å². The van der Waals surface area contributed by atoms with Crippen LogP contribution in [0.1, 0.15) is 11.4 Å². The molecule has 0 bridgehead atoms. The molecule has 1 N–H and O–H groups in total. The molecule has 1 heterocycles. The first-order valence-corrected chi connectivity index (χ1v) is 10.3. The summed E-state index contributed by atoms with van der Waals surface area (Å²) in [7, 11) is 1.64. The van der Waals surface area contributed by atoms with E-state index in [0.29, 0.717) is 28.8 Å². The molecule has 0 aliphatic carbocycles. The van der Waals surface area contributed by atoms with Crippen LogP contribution in [-0.4, -0.2) is 33.5 Å². The molecule has 150 valence electrons. The first-order chi connectivity index (χ1) is 14.1. The molecule has 1 amide bonds. The Kier molecular flexibility index (Phi) is 7.32. The number of thioether (sulfide) groups is 1. The highest BCUT2D eigenvalue weighted by Crippen LogP contribution is 2.23. The van der Waals surface area contributed by atoms with Gasteiger partial charge in [-0.3, -0.25) is 4.79 Å². The van der Waals surface area contributed by atoms with E-state index in [1.165, 1.54) is 11.8 Å². The van der Waals surface area contributed by atoms with Crippen LogP contribution in [0.25, 0.3) is 0 Å². The number of aromatic nitrogens is 3. The average molecular weight is 429 g/mol. The Morgan fingerprint density at radius 1 is 1.24 bits per heavy atom. The molecule has 2 aromatic carbocycles. The van der Waals surface area contributed by atoms with Crippen molar-refractivity contribution in [2.75, 3.05) is 18.2 Å². The molecule has 1 aromatic heterocycles. The molecular formula is C21H21ClN4O2S. The van der Waals surface area contributed by atoms with Crippen LogP contribution in [0.15, 0.2) is 66.3 Å². The number of hydrogen-bond donors (Lipinski definition) is 1. The van der Waals surface area contributed by atoms with Crippen LogP contribution in [-0.2, 0) is 17.8 Å². The zero-order chi connectivity index (χ0) is 20.6. The van der Waals surface area contributed by atoms with Gasteiger partial charge < -0.3 is 14.6 Å². The van der Waals surface area contributed by atoms with Gasteiger partial charge in [-0.2, -0.15) is 0 Å². The van der Waals surface area contributed by atoms with Gasteiger partial charge in [0.1, 0.15) is 11.6 Å². The van der Waals surface area contributed by atoms with Crippen LogP contribution in [0, 0.1) is 0 Å². The Morgan fingerprint density at radius 2 is 2.00 bits per heavy atom. The molecule has 3 aromatic rings. The fourth-order valence-electron chi connectivity index (χ4n) is 2.67. The van der Waals surface area contributed by atoms with Crippen molar-refractivity contribution in [2.24, 2.45) is 0 Å². The van der Waals surface area contributed by atoms with Gasteiger partial charge in [0.25, 0.3) is 0 Å². The number of benzene rings is 2. The van der Waals surface area contributed by atoms with Crippen LogP contribution in [0.4, 0.5) is 5.69 Å². The van der Waals surface area contributed by atoms with Crippen molar-refractivity contribution >= 4 is 35.0 Å². The zero-order valence-electron chi connectivity index (χ0n) is 16.0. The van der Waals surface area contributed by atoms with Gasteiger partial charge in [-0.25, -0.2) is 0 Å². The van der Waals surface area contributed by atoms with E-state index in [9.17, 15) is 4.79 Å². The molecule has 8 heteroatoms. The first kappa shape index (κ1) is 21.0. The Morgan fingerprint density at radius 3 is 2.69 bits per heavy atom. The number of methoxy groups -OCH3 is 1. The molecule has 6 nitrogen and oxygen atoms in total. The number of nitrogens with zero attached hydrogens (tertiary/aromatic N) is 3. The highest BCUT2D eigenvalue weighted by atomic mass is 35.5. The molecule has 0 spiro atoms. The summed E-state index contributed by atoms with van der Waals surface area (Å²) in [6.45, 7) is 4.37. The highest BCUT2D eigenvalue weighted by Gasteiger charge is 2.14. The summed E-state index contributed by atoms with van der Waals surface area (Å²) >= 11 is 7.41. The van der Waals surface area contributed by atoms with Gasteiger partial charge in [-0.15, -0.1) is 16.8 Å². The predicted molar refractivity (Wildman–Crippen MR) is 117 cm³/mol. The van der Waals surface area contributed by atoms with Crippen LogP contribution in [0.3, 0.4) is 0 Å². The number of ether oxygens (including phenoxy) is 1. The summed E-state index contributed by atoms with van der Waals surface area (Å²) in [5.74, 6) is 1.65. The van der Waals surface area contributed by atoms with Crippen molar-refractivity contribution in [3.05, 3.63) is 77.6 Å². The number of hydrogen-bond acceptors (Lipinski definition) is 5. The summed E-state index contributed by atoms with van der Waals surface area (Å²) in [6, 6.07) is 15.0. The molecule has 0 saturated heterocycles. The summed E-state index contributed by atoms with van der Waals surface area (Å²) in [4.78, 5) is 12.3. The third kappa shape index (κ3) is 5.62. The van der Waals surface area contributed by atoms with E-state index in [4.69, 9.17) is 16.3 Å². The zero-order valence-corrected chi connectivity index (χ0v) is 17.5. The lowest BCUT2D eigenvalue weighted by Crippen LogP contribution is -2.15. The molecule has 0 aliphatic rings. The van der Waals surface area contributed by atoms with Crippen LogP contribution in [0.5, 0.6) is 5.75 Å². The van der Waals surface area contributed by atoms with Gasteiger partial charge in [0.15, 0.2) is 5.16 Å². The summed E-state index contributed by atoms with van der Waals surface area (Å²) in [5.41, 5.74) is 1.68. The number of rotatable bonds is 9. The molecule has 0 fully saturated rings. The predicted octanol–water partition coefficient (Wildman–Crippen LogP) is 4.45. The Labute approximate surface area is 178 Å². The number of allylic oxidation sites excluding steroid dienone is 1. The summed E-state index contributed by atoms with van der Waals surface area (Å²) < 4.78 is 7.16. The van der Waals surface area contributed by atoms with Crippen molar-refractivity contribution < 1.29 is 9.53 Å². The lowest BCUT2D eigenvalue weighted by atomic mass is 10.1. The topological polar surface area (TPSA) is 69.0 Å². The van der Waals surface area contributed by atoms with E-state index in [2.05, 4.69) is 22.1 Å². The van der Waals surface area contributed by atoms with Gasteiger partial charge in [0, 0.05) is 13.0 Å². The molecule has 0 unspecified atom stereocenters. The van der Waals surface area contributed by atoms with E-state index in [-0.39, 0.29) is 11.7 Å². The quantitative estimate of drug-likeness (QED) is 0.403. The van der Waals surface area contributed by atoms with E-state index < -0.39 is 0 Å². The third-order valence-electron chi connectivity index (χ3n) is 4.11. The number of amides is 1. The second-order valence-electron chi connectivity index (χ2n) is 6.14. The smallest absolute Gasteiger partial charge is 0.234 e. The molecule has 3 rings (SSSR count). The number of para-hydroxylation sites is 1. The maximum absolute atomic E-state index is 12.3. The Hall–Kier alpha value is -2.77. The van der Waals surface area contributed by atoms with Gasteiger partial charge in [-0.1, -0.05) is 53.7 Å². The maximum Gasteiger partial charge on any atom is 0.234 e. The molecule has 0 aliphatic heterocycles. The van der Waals surface area contributed by atoms with Gasteiger partial charge in [-0.05, 0) is 29.8 Å². The van der Waals surface area contributed by atoms with E-state index in [1.54, 1.807) is 25.3 Å². The van der Waals surface area contributed by atoms with E-state index >= 15 is 0 Å². The van der Waals surface area contributed by atoms with Crippen molar-refractivity contribution in [1.82, 2.24) is 14.8 Å². The lowest BCUT2D eigenvalue weighted by molar-refractivity contribution is -0.113. The molecule has 0 saturated carbocycles. The summed E-state index contributed by atoms with van der Waals surface area (Å²) in [5, 5.41) is 12.5. The fraction of sp³-hybridized carbons (Fsp3) is 0.190. The van der Waals surface area contributed by atoms with E-state index in [1.807, 2.05) is 41.0 Å². The number of carbonyl (C=O) groups is 1. The monoisotopic (exact) mass is 428 g/mol.